The number of nitrogens with one attached hydrogen (secondary N) is 1. The van der Waals surface area contributed by atoms with E-state index in [-0.39, 0.29) is 5.60 Å². The number of hydrogen-bond acceptors (Lipinski definition) is 2. The molecule has 0 radical (unpaired) electrons. The van der Waals surface area contributed by atoms with Gasteiger partial charge < -0.3 is 10.1 Å². The second-order valence-corrected chi connectivity index (χ2v) is 6.28. The molecule has 0 aromatic carbocycles. The quantitative estimate of drug-likeness (QED) is 0.686. The van der Waals surface area contributed by atoms with Crippen LogP contribution in [0.5, 0.6) is 0 Å². The molecular formula is C14H29NO. The SMILES string of the molecule is CCC(C)(CCC(C)(C)OC)CNC1CC1. The van der Waals surface area contributed by atoms with Crippen LogP contribution in [0.25, 0.3) is 0 Å². The summed E-state index contributed by atoms with van der Waals surface area (Å²) in [5.74, 6) is 0. The molecule has 0 spiro atoms. The predicted octanol–water partition coefficient (Wildman–Crippen LogP) is 3.36. The Balaban J connectivity index is 2.32. The van der Waals surface area contributed by atoms with Gasteiger partial charge in [0.25, 0.3) is 0 Å². The molecule has 1 N–H and O–H groups in total. The Morgan fingerprint density at radius 1 is 1.19 bits per heavy atom. The van der Waals surface area contributed by atoms with Gasteiger partial charge in [0, 0.05) is 19.7 Å². The van der Waals surface area contributed by atoms with Gasteiger partial charge in [-0.1, -0.05) is 13.8 Å². The molecule has 1 atom stereocenters. The largest absolute Gasteiger partial charge is 0.379 e. The summed E-state index contributed by atoms with van der Waals surface area (Å²) in [5.41, 5.74) is 0.453. The Hall–Kier alpha value is -0.0800. The molecule has 0 saturated heterocycles. The minimum atomic E-state index is 0.0238. The van der Waals surface area contributed by atoms with E-state index < -0.39 is 0 Å². The molecule has 2 nitrogen and oxygen atoms in total. The highest BCUT2D eigenvalue weighted by molar-refractivity contribution is 4.86. The number of rotatable bonds is 8. The van der Waals surface area contributed by atoms with Gasteiger partial charge in [0.15, 0.2) is 0 Å². The molecule has 0 amide bonds. The normalized spacial score (nSPS) is 20.8. The molecule has 0 aliphatic heterocycles. The first-order valence-electron chi connectivity index (χ1n) is 6.69. The van der Waals surface area contributed by atoms with Crippen molar-refractivity contribution in [1.29, 1.82) is 0 Å². The van der Waals surface area contributed by atoms with Gasteiger partial charge in [-0.15, -0.1) is 0 Å². The standard InChI is InChI=1S/C14H29NO/c1-6-14(4,11-15-12-7-8-12)10-9-13(2,3)16-5/h12,15H,6-11H2,1-5H3. The molecule has 2 heteroatoms. The summed E-state index contributed by atoms with van der Waals surface area (Å²) in [4.78, 5) is 0. The van der Waals surface area contributed by atoms with Crippen LogP contribution in [-0.2, 0) is 4.74 Å². The molecule has 1 fully saturated rings. The lowest BCUT2D eigenvalue weighted by atomic mass is 9.80. The molecule has 0 bridgehead atoms. The minimum Gasteiger partial charge on any atom is -0.379 e. The van der Waals surface area contributed by atoms with Crippen LogP contribution in [-0.4, -0.2) is 25.3 Å². The van der Waals surface area contributed by atoms with Gasteiger partial charge in [0.1, 0.15) is 0 Å². The zero-order valence-corrected chi connectivity index (χ0v) is 11.7. The molecule has 1 aliphatic carbocycles. The fourth-order valence-electron chi connectivity index (χ4n) is 1.77. The molecule has 1 unspecified atom stereocenters. The fourth-order valence-corrected chi connectivity index (χ4v) is 1.77. The minimum absolute atomic E-state index is 0.0238. The maximum Gasteiger partial charge on any atom is 0.0623 e. The van der Waals surface area contributed by atoms with E-state index in [1.165, 1.54) is 25.7 Å². The first-order valence-corrected chi connectivity index (χ1v) is 6.69. The van der Waals surface area contributed by atoms with Gasteiger partial charge in [-0.25, -0.2) is 0 Å². The zero-order chi connectivity index (χ0) is 12.2. The summed E-state index contributed by atoms with van der Waals surface area (Å²) in [5, 5.41) is 3.66. The number of methoxy groups -OCH3 is 1. The van der Waals surface area contributed by atoms with E-state index >= 15 is 0 Å². The predicted molar refractivity (Wildman–Crippen MR) is 69.7 cm³/mol. The van der Waals surface area contributed by atoms with E-state index in [9.17, 15) is 0 Å². The average molecular weight is 227 g/mol. The molecule has 1 saturated carbocycles. The number of hydrogen-bond donors (Lipinski definition) is 1. The molecule has 0 heterocycles. The van der Waals surface area contributed by atoms with Crippen molar-refractivity contribution in [1.82, 2.24) is 5.32 Å². The third-order valence-electron chi connectivity index (χ3n) is 4.13. The van der Waals surface area contributed by atoms with Crippen LogP contribution < -0.4 is 5.32 Å². The monoisotopic (exact) mass is 227 g/mol. The van der Waals surface area contributed by atoms with Crippen molar-refractivity contribution in [2.24, 2.45) is 5.41 Å². The Bertz CT molecular complexity index is 211. The average Bonchev–Trinajstić information content (AvgIpc) is 3.08. The van der Waals surface area contributed by atoms with E-state index in [0.29, 0.717) is 5.41 Å². The number of ether oxygens (including phenoxy) is 1. The Morgan fingerprint density at radius 2 is 1.81 bits per heavy atom. The fraction of sp³-hybridized carbons (Fsp3) is 1.00. The molecule has 96 valence electrons. The lowest BCUT2D eigenvalue weighted by Crippen LogP contribution is -2.35. The molecule has 1 aliphatic rings. The van der Waals surface area contributed by atoms with Crippen LogP contribution in [0.3, 0.4) is 0 Å². The molecule has 1 rings (SSSR count). The van der Waals surface area contributed by atoms with E-state index in [0.717, 1.165) is 19.0 Å². The highest BCUT2D eigenvalue weighted by Gasteiger charge is 2.29. The van der Waals surface area contributed by atoms with Crippen molar-refractivity contribution in [3.05, 3.63) is 0 Å². The Labute approximate surface area is 101 Å². The summed E-state index contributed by atoms with van der Waals surface area (Å²) in [6.07, 6.45) is 6.38. The van der Waals surface area contributed by atoms with Crippen molar-refractivity contribution in [2.45, 2.75) is 71.4 Å². The van der Waals surface area contributed by atoms with Crippen molar-refractivity contribution in [3.63, 3.8) is 0 Å². The van der Waals surface area contributed by atoms with E-state index in [4.69, 9.17) is 4.74 Å². The van der Waals surface area contributed by atoms with Crippen molar-refractivity contribution in [2.75, 3.05) is 13.7 Å². The highest BCUT2D eigenvalue weighted by Crippen LogP contribution is 2.32. The van der Waals surface area contributed by atoms with Gasteiger partial charge in [0.2, 0.25) is 0 Å². The van der Waals surface area contributed by atoms with Crippen LogP contribution in [0.15, 0.2) is 0 Å². The summed E-state index contributed by atoms with van der Waals surface area (Å²) in [6.45, 7) is 10.2. The third-order valence-corrected chi connectivity index (χ3v) is 4.13. The van der Waals surface area contributed by atoms with Crippen LogP contribution in [0.1, 0.15) is 59.8 Å². The summed E-state index contributed by atoms with van der Waals surface area (Å²) in [6, 6.07) is 0.821. The van der Waals surface area contributed by atoms with Crippen molar-refractivity contribution < 1.29 is 4.74 Å². The Morgan fingerprint density at radius 3 is 2.25 bits per heavy atom. The van der Waals surface area contributed by atoms with Crippen LogP contribution in [0.4, 0.5) is 0 Å². The Kier molecular flexibility index (Phi) is 4.81. The van der Waals surface area contributed by atoms with Gasteiger partial charge in [0.05, 0.1) is 5.60 Å². The lowest BCUT2D eigenvalue weighted by molar-refractivity contribution is 0.00430. The molecule has 16 heavy (non-hydrogen) atoms. The highest BCUT2D eigenvalue weighted by atomic mass is 16.5. The first-order chi connectivity index (χ1) is 7.41. The molecule has 0 aromatic heterocycles. The lowest BCUT2D eigenvalue weighted by Gasteiger charge is -2.33. The van der Waals surface area contributed by atoms with E-state index in [2.05, 4.69) is 33.0 Å². The third kappa shape index (κ3) is 4.84. The van der Waals surface area contributed by atoms with Gasteiger partial charge in [-0.2, -0.15) is 0 Å². The van der Waals surface area contributed by atoms with Gasteiger partial charge >= 0.3 is 0 Å². The smallest absolute Gasteiger partial charge is 0.0623 e. The second-order valence-electron chi connectivity index (χ2n) is 6.28. The van der Waals surface area contributed by atoms with Gasteiger partial charge in [-0.05, 0) is 51.4 Å². The summed E-state index contributed by atoms with van der Waals surface area (Å²) in [7, 11) is 1.81. The van der Waals surface area contributed by atoms with Crippen LogP contribution >= 0.6 is 0 Å². The van der Waals surface area contributed by atoms with Crippen LogP contribution in [0, 0.1) is 5.41 Å². The summed E-state index contributed by atoms with van der Waals surface area (Å²) < 4.78 is 5.50. The molecule has 0 aromatic rings. The first kappa shape index (κ1) is 14.0. The zero-order valence-electron chi connectivity index (χ0n) is 11.7. The maximum atomic E-state index is 5.50. The maximum absolute atomic E-state index is 5.50. The summed E-state index contributed by atoms with van der Waals surface area (Å²) >= 11 is 0. The van der Waals surface area contributed by atoms with Gasteiger partial charge in [-0.3, -0.25) is 0 Å². The van der Waals surface area contributed by atoms with Crippen molar-refractivity contribution in [3.8, 4) is 0 Å². The van der Waals surface area contributed by atoms with Crippen LogP contribution in [0.2, 0.25) is 0 Å². The topological polar surface area (TPSA) is 21.3 Å². The van der Waals surface area contributed by atoms with E-state index in [1.54, 1.807) is 0 Å². The molecular weight excluding hydrogens is 198 g/mol. The van der Waals surface area contributed by atoms with Crippen molar-refractivity contribution >= 4 is 0 Å². The van der Waals surface area contributed by atoms with E-state index in [1.807, 2.05) is 7.11 Å². The second kappa shape index (κ2) is 5.50.